The Labute approximate surface area is 97.4 Å². The van der Waals surface area contributed by atoms with Crippen LogP contribution in [0, 0.1) is 5.92 Å². The smallest absolute Gasteiger partial charge is 0.0545 e. The summed E-state index contributed by atoms with van der Waals surface area (Å²) < 4.78 is 5.25. The van der Waals surface area contributed by atoms with Gasteiger partial charge in [0.05, 0.1) is 6.61 Å². The molecular formula is C13H19ClO. The molecule has 0 saturated heterocycles. The summed E-state index contributed by atoms with van der Waals surface area (Å²) in [6, 6.07) is 10.3. The predicted molar refractivity (Wildman–Crippen MR) is 65.5 cm³/mol. The highest BCUT2D eigenvalue weighted by Gasteiger charge is 2.23. The van der Waals surface area contributed by atoms with E-state index in [0.717, 1.165) is 0 Å². The average Bonchev–Trinajstić information content (AvgIpc) is 2.26. The van der Waals surface area contributed by atoms with E-state index in [0.29, 0.717) is 12.5 Å². The van der Waals surface area contributed by atoms with Gasteiger partial charge in [0, 0.05) is 18.4 Å². The van der Waals surface area contributed by atoms with Gasteiger partial charge in [-0.2, -0.15) is 0 Å². The summed E-state index contributed by atoms with van der Waals surface area (Å²) in [5.74, 6) is 0.727. The molecule has 0 N–H and O–H groups in total. The van der Waals surface area contributed by atoms with Crippen LogP contribution in [0.5, 0.6) is 0 Å². The molecule has 0 amide bonds. The van der Waals surface area contributed by atoms with Crippen LogP contribution in [0.2, 0.25) is 0 Å². The van der Waals surface area contributed by atoms with E-state index in [9.17, 15) is 0 Å². The molecule has 1 nitrogen and oxygen atoms in total. The molecule has 0 saturated carbocycles. The van der Waals surface area contributed by atoms with Gasteiger partial charge < -0.3 is 4.74 Å². The third-order valence-corrected chi connectivity index (χ3v) is 3.40. The first-order valence-corrected chi connectivity index (χ1v) is 5.78. The Hall–Kier alpha value is -0.530. The van der Waals surface area contributed by atoms with E-state index < -0.39 is 0 Å². The van der Waals surface area contributed by atoms with Gasteiger partial charge in [0.15, 0.2) is 0 Å². The maximum absolute atomic E-state index is 6.42. The minimum atomic E-state index is 0.118. The Morgan fingerprint density at radius 2 is 1.80 bits per heavy atom. The largest absolute Gasteiger partial charge is 0.384 e. The van der Waals surface area contributed by atoms with Crippen molar-refractivity contribution in [2.45, 2.75) is 25.1 Å². The normalized spacial score (nSPS) is 15.3. The van der Waals surface area contributed by atoms with E-state index in [1.165, 1.54) is 5.56 Å². The molecule has 1 aromatic carbocycles. The molecule has 2 heteroatoms. The van der Waals surface area contributed by atoms with Crippen molar-refractivity contribution >= 4 is 11.6 Å². The van der Waals surface area contributed by atoms with Crippen LogP contribution in [-0.2, 0) is 4.74 Å². The molecule has 0 fully saturated rings. The van der Waals surface area contributed by atoms with Crippen molar-refractivity contribution in [1.29, 1.82) is 0 Å². The molecule has 0 radical (unpaired) electrons. The van der Waals surface area contributed by atoms with Gasteiger partial charge in [0.2, 0.25) is 0 Å². The average molecular weight is 227 g/mol. The Kier molecular flexibility index (Phi) is 5.13. The van der Waals surface area contributed by atoms with Gasteiger partial charge in [-0.25, -0.2) is 0 Å². The molecule has 2 unspecified atom stereocenters. The summed E-state index contributed by atoms with van der Waals surface area (Å²) in [6.07, 6.45) is 0. The molecule has 0 heterocycles. The fraction of sp³-hybridized carbons (Fsp3) is 0.538. The van der Waals surface area contributed by atoms with E-state index in [1.807, 2.05) is 18.2 Å². The van der Waals surface area contributed by atoms with Gasteiger partial charge in [-0.15, -0.1) is 11.6 Å². The van der Waals surface area contributed by atoms with Crippen molar-refractivity contribution in [3.63, 3.8) is 0 Å². The van der Waals surface area contributed by atoms with Crippen LogP contribution < -0.4 is 0 Å². The van der Waals surface area contributed by atoms with Crippen LogP contribution in [0.15, 0.2) is 30.3 Å². The highest BCUT2D eigenvalue weighted by Crippen LogP contribution is 2.28. The van der Waals surface area contributed by atoms with Gasteiger partial charge >= 0.3 is 0 Å². The van der Waals surface area contributed by atoms with Crippen LogP contribution in [0.4, 0.5) is 0 Å². The van der Waals surface area contributed by atoms with Crippen molar-refractivity contribution in [1.82, 2.24) is 0 Å². The topological polar surface area (TPSA) is 9.23 Å². The van der Waals surface area contributed by atoms with Crippen molar-refractivity contribution in [3.05, 3.63) is 35.9 Å². The molecule has 0 aliphatic heterocycles. The van der Waals surface area contributed by atoms with Crippen LogP contribution in [0.3, 0.4) is 0 Å². The Morgan fingerprint density at radius 1 is 1.20 bits per heavy atom. The fourth-order valence-electron chi connectivity index (χ4n) is 1.72. The van der Waals surface area contributed by atoms with Gasteiger partial charge in [0.25, 0.3) is 0 Å². The SMILES string of the molecule is COCC(c1ccccc1)C(Cl)C(C)C. The monoisotopic (exact) mass is 226 g/mol. The highest BCUT2D eigenvalue weighted by atomic mass is 35.5. The van der Waals surface area contributed by atoms with Gasteiger partial charge in [-0.05, 0) is 11.5 Å². The lowest BCUT2D eigenvalue weighted by Gasteiger charge is -2.24. The molecule has 1 rings (SSSR count). The molecule has 84 valence electrons. The second-order valence-corrected chi connectivity index (χ2v) is 4.66. The third-order valence-electron chi connectivity index (χ3n) is 2.60. The number of halogens is 1. The molecule has 0 aliphatic rings. The zero-order valence-electron chi connectivity index (χ0n) is 9.61. The summed E-state index contributed by atoms with van der Waals surface area (Å²) in [6.45, 7) is 4.96. The van der Waals surface area contributed by atoms with Gasteiger partial charge in [-0.1, -0.05) is 44.2 Å². The van der Waals surface area contributed by atoms with Crippen molar-refractivity contribution < 1.29 is 4.74 Å². The standard InChI is InChI=1S/C13H19ClO/c1-10(2)13(14)12(9-15-3)11-7-5-4-6-8-11/h4-8,10,12-13H,9H2,1-3H3. The van der Waals surface area contributed by atoms with E-state index in [2.05, 4.69) is 26.0 Å². The van der Waals surface area contributed by atoms with Crippen molar-refractivity contribution in [2.75, 3.05) is 13.7 Å². The molecule has 15 heavy (non-hydrogen) atoms. The molecule has 1 aromatic rings. The van der Waals surface area contributed by atoms with Crippen LogP contribution in [-0.4, -0.2) is 19.1 Å². The number of benzene rings is 1. The number of ether oxygens (including phenoxy) is 1. The minimum absolute atomic E-state index is 0.118. The number of methoxy groups -OCH3 is 1. The zero-order valence-corrected chi connectivity index (χ0v) is 10.4. The second kappa shape index (κ2) is 6.14. The zero-order chi connectivity index (χ0) is 11.3. The lowest BCUT2D eigenvalue weighted by molar-refractivity contribution is 0.172. The first-order chi connectivity index (χ1) is 7.16. The van der Waals surface area contributed by atoms with Crippen molar-refractivity contribution in [3.8, 4) is 0 Å². The third kappa shape index (κ3) is 3.51. The summed E-state index contributed by atoms with van der Waals surface area (Å²) >= 11 is 6.42. The number of hydrogen-bond donors (Lipinski definition) is 0. The molecule has 0 aliphatic carbocycles. The molecule has 0 spiro atoms. The maximum atomic E-state index is 6.42. The molecular weight excluding hydrogens is 208 g/mol. The first-order valence-electron chi connectivity index (χ1n) is 5.34. The summed E-state index contributed by atoms with van der Waals surface area (Å²) in [4.78, 5) is 0. The Balaban J connectivity index is 2.83. The Morgan fingerprint density at radius 3 is 2.27 bits per heavy atom. The summed E-state index contributed by atoms with van der Waals surface area (Å²) in [7, 11) is 1.72. The lowest BCUT2D eigenvalue weighted by atomic mass is 9.90. The molecule has 2 atom stereocenters. The molecule has 0 bridgehead atoms. The quantitative estimate of drug-likeness (QED) is 0.696. The van der Waals surface area contributed by atoms with Crippen molar-refractivity contribution in [2.24, 2.45) is 5.92 Å². The van der Waals surface area contributed by atoms with E-state index >= 15 is 0 Å². The van der Waals surface area contributed by atoms with Gasteiger partial charge in [-0.3, -0.25) is 0 Å². The molecule has 0 aromatic heterocycles. The predicted octanol–water partition coefficient (Wildman–Crippen LogP) is 3.68. The number of hydrogen-bond acceptors (Lipinski definition) is 1. The first kappa shape index (κ1) is 12.5. The summed E-state index contributed by atoms with van der Waals surface area (Å²) in [5.41, 5.74) is 1.26. The van der Waals surface area contributed by atoms with Crippen LogP contribution in [0.25, 0.3) is 0 Å². The highest BCUT2D eigenvalue weighted by molar-refractivity contribution is 6.21. The van der Waals surface area contributed by atoms with Crippen LogP contribution in [0.1, 0.15) is 25.3 Å². The minimum Gasteiger partial charge on any atom is -0.384 e. The second-order valence-electron chi connectivity index (χ2n) is 4.16. The number of alkyl halides is 1. The van der Waals surface area contributed by atoms with E-state index in [4.69, 9.17) is 16.3 Å². The maximum Gasteiger partial charge on any atom is 0.0545 e. The van der Waals surface area contributed by atoms with Crippen LogP contribution >= 0.6 is 11.6 Å². The number of rotatable bonds is 5. The summed E-state index contributed by atoms with van der Waals surface area (Å²) in [5, 5.41) is 0.118. The Bertz CT molecular complexity index is 271. The van der Waals surface area contributed by atoms with E-state index in [-0.39, 0.29) is 11.3 Å². The fourth-order valence-corrected chi connectivity index (χ4v) is 1.93. The van der Waals surface area contributed by atoms with E-state index in [1.54, 1.807) is 7.11 Å². The van der Waals surface area contributed by atoms with Gasteiger partial charge in [0.1, 0.15) is 0 Å². The lowest BCUT2D eigenvalue weighted by Crippen LogP contribution is -2.22.